The molecule has 1 aliphatic heterocycles. The largest absolute Gasteiger partial charge is 0.284 e. The SMILES string of the molecule is C/C(=C\C=C/I)C(c1ccccc1)N1CC(F)(C#N)C1. The molecule has 2 rings (SSSR count). The quantitative estimate of drug-likeness (QED) is 0.578. The normalized spacial score (nSPS) is 20.4. The molecule has 0 aromatic heterocycles. The van der Waals surface area contributed by atoms with Gasteiger partial charge < -0.3 is 0 Å². The Labute approximate surface area is 132 Å². The lowest BCUT2D eigenvalue weighted by atomic mass is 9.89. The van der Waals surface area contributed by atoms with Crippen molar-refractivity contribution in [3.8, 4) is 6.07 Å². The van der Waals surface area contributed by atoms with Crippen molar-refractivity contribution < 1.29 is 4.39 Å². The van der Waals surface area contributed by atoms with E-state index in [0.29, 0.717) is 0 Å². The van der Waals surface area contributed by atoms with Crippen molar-refractivity contribution in [2.45, 2.75) is 18.6 Å². The number of nitrogens with zero attached hydrogens (tertiary/aromatic N) is 2. The van der Waals surface area contributed by atoms with Gasteiger partial charge in [0.15, 0.2) is 0 Å². The highest BCUT2D eigenvalue weighted by Crippen LogP contribution is 2.37. The number of hydrogen-bond acceptors (Lipinski definition) is 2. The molecule has 1 saturated heterocycles. The first kappa shape index (κ1) is 15.2. The highest BCUT2D eigenvalue weighted by molar-refractivity contribution is 14.1. The standard InChI is InChI=1S/C16H16FIN2/c1-13(6-5-9-18)15(14-7-3-2-4-8-14)20-11-16(17,10-19)12-20/h2-9,15H,11-12H2,1H3/b9-5-,13-6+. The van der Waals surface area contributed by atoms with Gasteiger partial charge in [0.05, 0.1) is 6.04 Å². The summed E-state index contributed by atoms with van der Waals surface area (Å²) in [4.78, 5) is 2.01. The van der Waals surface area contributed by atoms with Gasteiger partial charge in [-0.15, -0.1) is 0 Å². The number of benzene rings is 1. The molecule has 0 N–H and O–H groups in total. The lowest BCUT2D eigenvalue weighted by Crippen LogP contribution is -2.59. The van der Waals surface area contributed by atoms with Crippen molar-refractivity contribution >= 4 is 22.6 Å². The van der Waals surface area contributed by atoms with Crippen LogP contribution in [0.1, 0.15) is 18.5 Å². The van der Waals surface area contributed by atoms with Gasteiger partial charge >= 0.3 is 0 Å². The first-order chi connectivity index (χ1) is 9.59. The Bertz CT molecular complexity index is 554. The van der Waals surface area contributed by atoms with Crippen LogP contribution in [0.5, 0.6) is 0 Å². The van der Waals surface area contributed by atoms with Gasteiger partial charge in [0.25, 0.3) is 0 Å². The molecule has 1 atom stereocenters. The molecule has 2 nitrogen and oxygen atoms in total. The van der Waals surface area contributed by atoms with E-state index in [1.807, 2.05) is 58.4 Å². The van der Waals surface area contributed by atoms with E-state index < -0.39 is 5.67 Å². The zero-order valence-corrected chi connectivity index (χ0v) is 13.4. The zero-order chi connectivity index (χ0) is 14.6. The first-order valence-corrected chi connectivity index (χ1v) is 7.67. The van der Waals surface area contributed by atoms with Gasteiger partial charge in [-0.2, -0.15) is 5.26 Å². The van der Waals surface area contributed by atoms with Gasteiger partial charge in [0.1, 0.15) is 6.07 Å². The predicted octanol–water partition coefficient (Wildman–Crippen LogP) is 4.17. The monoisotopic (exact) mass is 382 g/mol. The summed E-state index contributed by atoms with van der Waals surface area (Å²) in [5, 5.41) is 8.82. The topological polar surface area (TPSA) is 27.0 Å². The molecular formula is C16H16FIN2. The fourth-order valence-electron chi connectivity index (χ4n) is 2.53. The zero-order valence-electron chi connectivity index (χ0n) is 11.3. The predicted molar refractivity (Wildman–Crippen MR) is 87.1 cm³/mol. The van der Waals surface area contributed by atoms with Gasteiger partial charge in [-0.25, -0.2) is 4.39 Å². The molecule has 1 fully saturated rings. The maximum atomic E-state index is 13.8. The Morgan fingerprint density at radius 2 is 2.10 bits per heavy atom. The van der Waals surface area contributed by atoms with Crippen molar-refractivity contribution in [1.82, 2.24) is 4.90 Å². The molecule has 1 unspecified atom stereocenters. The van der Waals surface area contributed by atoms with E-state index in [1.165, 1.54) is 0 Å². The summed E-state index contributed by atoms with van der Waals surface area (Å²) < 4.78 is 15.8. The fourth-order valence-corrected chi connectivity index (χ4v) is 2.73. The van der Waals surface area contributed by atoms with Crippen molar-refractivity contribution in [2.24, 2.45) is 0 Å². The van der Waals surface area contributed by atoms with Crippen LogP contribution in [0, 0.1) is 11.3 Å². The third-order valence-electron chi connectivity index (χ3n) is 3.45. The third-order valence-corrected chi connectivity index (χ3v) is 3.87. The molecule has 1 heterocycles. The molecule has 104 valence electrons. The van der Waals surface area contributed by atoms with Gasteiger partial charge in [-0.05, 0) is 16.6 Å². The Balaban J connectivity index is 2.25. The molecular weight excluding hydrogens is 366 g/mol. The minimum Gasteiger partial charge on any atom is -0.284 e. The molecule has 0 radical (unpaired) electrons. The van der Waals surface area contributed by atoms with Crippen molar-refractivity contribution in [3.63, 3.8) is 0 Å². The fraction of sp³-hybridized carbons (Fsp3) is 0.312. The second-order valence-electron chi connectivity index (χ2n) is 5.02. The van der Waals surface area contributed by atoms with E-state index in [4.69, 9.17) is 5.26 Å². The number of nitriles is 1. The second kappa shape index (κ2) is 6.51. The summed E-state index contributed by atoms with van der Waals surface area (Å²) in [5.74, 6) is 0. The van der Waals surface area contributed by atoms with Crippen molar-refractivity contribution in [3.05, 3.63) is 57.7 Å². The maximum absolute atomic E-state index is 13.8. The van der Waals surface area contributed by atoms with E-state index in [2.05, 4.69) is 22.6 Å². The van der Waals surface area contributed by atoms with Crippen LogP contribution in [0.15, 0.2) is 52.1 Å². The minimum absolute atomic E-state index is 0.0287. The summed E-state index contributed by atoms with van der Waals surface area (Å²) in [7, 11) is 0. The second-order valence-corrected chi connectivity index (χ2v) is 5.74. The number of alkyl halides is 1. The summed E-state index contributed by atoms with van der Waals surface area (Å²) in [6.07, 6.45) is 4.01. The molecule has 1 aromatic rings. The van der Waals surface area contributed by atoms with Crippen LogP contribution in [0.25, 0.3) is 0 Å². The van der Waals surface area contributed by atoms with Crippen molar-refractivity contribution in [1.29, 1.82) is 5.26 Å². The number of allylic oxidation sites excluding steroid dienone is 2. The van der Waals surface area contributed by atoms with E-state index >= 15 is 0 Å². The van der Waals surface area contributed by atoms with E-state index in [-0.39, 0.29) is 19.1 Å². The number of halogens is 2. The lowest BCUT2D eigenvalue weighted by Gasteiger charge is -2.45. The molecule has 20 heavy (non-hydrogen) atoms. The number of hydrogen-bond donors (Lipinski definition) is 0. The van der Waals surface area contributed by atoms with Crippen LogP contribution in [0.4, 0.5) is 4.39 Å². The van der Waals surface area contributed by atoms with Gasteiger partial charge in [-0.1, -0.05) is 70.6 Å². The minimum atomic E-state index is -1.69. The van der Waals surface area contributed by atoms with Gasteiger partial charge in [-0.3, -0.25) is 4.90 Å². The number of rotatable bonds is 4. The molecule has 0 amide bonds. The Kier molecular flexibility index (Phi) is 4.95. The van der Waals surface area contributed by atoms with Gasteiger partial charge in [0.2, 0.25) is 5.67 Å². The molecule has 0 bridgehead atoms. The molecule has 1 aliphatic rings. The van der Waals surface area contributed by atoms with E-state index in [0.717, 1.165) is 11.1 Å². The molecule has 0 spiro atoms. The smallest absolute Gasteiger partial charge is 0.221 e. The highest BCUT2D eigenvalue weighted by Gasteiger charge is 2.47. The average Bonchev–Trinajstić information content (AvgIpc) is 2.44. The lowest BCUT2D eigenvalue weighted by molar-refractivity contribution is -0.0105. The molecule has 0 aliphatic carbocycles. The van der Waals surface area contributed by atoms with Crippen LogP contribution >= 0.6 is 22.6 Å². The van der Waals surface area contributed by atoms with Crippen LogP contribution in [-0.2, 0) is 0 Å². The number of likely N-dealkylation sites (tertiary alicyclic amines) is 1. The van der Waals surface area contributed by atoms with Crippen LogP contribution in [-0.4, -0.2) is 23.7 Å². The molecule has 0 saturated carbocycles. The Hall–Kier alpha value is -1.19. The maximum Gasteiger partial charge on any atom is 0.221 e. The van der Waals surface area contributed by atoms with Gasteiger partial charge in [0, 0.05) is 13.1 Å². The Morgan fingerprint density at radius 1 is 1.45 bits per heavy atom. The summed E-state index contributed by atoms with van der Waals surface area (Å²) in [6, 6.07) is 11.8. The Morgan fingerprint density at radius 3 is 2.65 bits per heavy atom. The van der Waals surface area contributed by atoms with E-state index in [9.17, 15) is 4.39 Å². The van der Waals surface area contributed by atoms with Crippen LogP contribution < -0.4 is 0 Å². The molecule has 1 aromatic carbocycles. The molecule has 4 heteroatoms. The summed E-state index contributed by atoms with van der Waals surface area (Å²) in [5.41, 5.74) is 0.582. The van der Waals surface area contributed by atoms with Crippen LogP contribution in [0.2, 0.25) is 0 Å². The summed E-state index contributed by atoms with van der Waals surface area (Å²) >= 11 is 2.17. The first-order valence-electron chi connectivity index (χ1n) is 6.42. The summed E-state index contributed by atoms with van der Waals surface area (Å²) in [6.45, 7) is 2.38. The highest BCUT2D eigenvalue weighted by atomic mass is 127. The van der Waals surface area contributed by atoms with E-state index in [1.54, 1.807) is 6.07 Å². The van der Waals surface area contributed by atoms with Crippen molar-refractivity contribution in [2.75, 3.05) is 13.1 Å². The van der Waals surface area contributed by atoms with Crippen LogP contribution in [0.3, 0.4) is 0 Å². The average molecular weight is 382 g/mol. The third kappa shape index (κ3) is 3.28.